The summed E-state index contributed by atoms with van der Waals surface area (Å²) in [7, 11) is 0. The first-order chi connectivity index (χ1) is 16.1. The standard InChI is InChI=1S/C23H21FN6O3/c1-2-33-22(31)17-9-16(12-26-13-17)20-14-27-23(29-21(20)30-3-5-32-6-4-30)28-19-8-15(11-25)7-18(24)10-19/h7-10,12-14H,2-6H2,1H3,(H,27,28,29). The van der Waals surface area contributed by atoms with Crippen molar-refractivity contribution in [2.24, 2.45) is 0 Å². The second-order valence-electron chi connectivity index (χ2n) is 7.18. The van der Waals surface area contributed by atoms with E-state index in [-0.39, 0.29) is 18.1 Å². The quantitative estimate of drug-likeness (QED) is 0.567. The minimum atomic E-state index is -0.538. The zero-order valence-electron chi connectivity index (χ0n) is 17.9. The van der Waals surface area contributed by atoms with E-state index in [2.05, 4.69) is 25.2 Å². The molecule has 168 valence electrons. The highest BCUT2D eigenvalue weighted by Gasteiger charge is 2.20. The normalized spacial score (nSPS) is 13.3. The van der Waals surface area contributed by atoms with Gasteiger partial charge < -0.3 is 19.7 Å². The zero-order chi connectivity index (χ0) is 23.2. The minimum Gasteiger partial charge on any atom is -0.462 e. The van der Waals surface area contributed by atoms with Crippen LogP contribution in [0.3, 0.4) is 0 Å². The summed E-state index contributed by atoms with van der Waals surface area (Å²) in [5, 5.41) is 12.1. The largest absolute Gasteiger partial charge is 0.462 e. The van der Waals surface area contributed by atoms with Crippen LogP contribution in [0.4, 0.5) is 21.8 Å². The summed E-state index contributed by atoms with van der Waals surface area (Å²) in [6, 6.07) is 7.54. The number of hydrogen-bond acceptors (Lipinski definition) is 9. The number of carbonyl (C=O) groups excluding carboxylic acids is 1. The molecule has 4 rings (SSSR count). The lowest BCUT2D eigenvalue weighted by Gasteiger charge is -2.29. The van der Waals surface area contributed by atoms with E-state index in [1.165, 1.54) is 18.3 Å². The smallest absolute Gasteiger partial charge is 0.339 e. The molecule has 2 aromatic heterocycles. The summed E-state index contributed by atoms with van der Waals surface area (Å²) >= 11 is 0. The summed E-state index contributed by atoms with van der Waals surface area (Å²) in [6.07, 6.45) is 4.70. The molecule has 1 aliphatic rings. The molecular formula is C23H21FN6O3. The molecule has 0 atom stereocenters. The van der Waals surface area contributed by atoms with E-state index < -0.39 is 11.8 Å². The molecule has 0 unspecified atom stereocenters. The van der Waals surface area contributed by atoms with E-state index in [4.69, 9.17) is 14.7 Å². The van der Waals surface area contributed by atoms with Crippen LogP contribution in [0.1, 0.15) is 22.8 Å². The third kappa shape index (κ3) is 5.22. The van der Waals surface area contributed by atoms with Gasteiger partial charge in [-0.1, -0.05) is 0 Å². The molecule has 9 nitrogen and oxygen atoms in total. The lowest BCUT2D eigenvalue weighted by molar-refractivity contribution is 0.0526. The summed E-state index contributed by atoms with van der Waals surface area (Å²) in [5.74, 6) is -0.137. The number of ether oxygens (including phenoxy) is 2. The van der Waals surface area contributed by atoms with Crippen molar-refractivity contribution >= 4 is 23.4 Å². The molecule has 1 aliphatic heterocycles. The number of anilines is 3. The summed E-state index contributed by atoms with van der Waals surface area (Å²) in [5.41, 5.74) is 2.21. The number of halogens is 1. The van der Waals surface area contributed by atoms with Gasteiger partial charge in [0.1, 0.15) is 11.6 Å². The third-order valence-electron chi connectivity index (χ3n) is 4.92. The number of pyridine rings is 1. The number of morpholine rings is 1. The molecule has 0 saturated carbocycles. The van der Waals surface area contributed by atoms with Crippen molar-refractivity contribution in [3.05, 3.63) is 59.8 Å². The van der Waals surface area contributed by atoms with Crippen LogP contribution in [0.5, 0.6) is 0 Å². The van der Waals surface area contributed by atoms with Crippen LogP contribution >= 0.6 is 0 Å². The predicted octanol–water partition coefficient (Wildman–Crippen LogP) is 3.31. The van der Waals surface area contributed by atoms with Gasteiger partial charge in [0.15, 0.2) is 0 Å². The number of nitrogens with one attached hydrogen (secondary N) is 1. The van der Waals surface area contributed by atoms with E-state index >= 15 is 0 Å². The number of hydrogen-bond donors (Lipinski definition) is 1. The van der Waals surface area contributed by atoms with Crippen LogP contribution in [-0.2, 0) is 9.47 Å². The maximum absolute atomic E-state index is 13.8. The van der Waals surface area contributed by atoms with Gasteiger partial charge >= 0.3 is 5.97 Å². The number of esters is 1. The van der Waals surface area contributed by atoms with Gasteiger partial charge in [-0.25, -0.2) is 14.2 Å². The van der Waals surface area contributed by atoms with Crippen LogP contribution in [0.25, 0.3) is 11.1 Å². The van der Waals surface area contributed by atoms with Crippen molar-refractivity contribution in [3.8, 4) is 17.2 Å². The lowest BCUT2D eigenvalue weighted by Crippen LogP contribution is -2.37. The second kappa shape index (κ2) is 10.0. The third-order valence-corrected chi connectivity index (χ3v) is 4.92. The van der Waals surface area contributed by atoms with Crippen LogP contribution in [0.15, 0.2) is 42.9 Å². The topological polar surface area (TPSA) is 113 Å². The number of benzene rings is 1. The molecule has 1 fully saturated rings. The fourth-order valence-corrected chi connectivity index (χ4v) is 3.42. The fourth-order valence-electron chi connectivity index (χ4n) is 3.42. The lowest BCUT2D eigenvalue weighted by atomic mass is 10.1. The molecular weight excluding hydrogens is 427 g/mol. The molecule has 1 saturated heterocycles. The molecule has 0 spiro atoms. The second-order valence-corrected chi connectivity index (χ2v) is 7.18. The Morgan fingerprint density at radius 1 is 1.24 bits per heavy atom. The SMILES string of the molecule is CCOC(=O)c1cncc(-c2cnc(Nc3cc(F)cc(C#N)c3)nc2N2CCOCC2)c1. The van der Waals surface area contributed by atoms with Gasteiger partial charge in [0.25, 0.3) is 0 Å². The van der Waals surface area contributed by atoms with E-state index in [9.17, 15) is 9.18 Å². The number of aromatic nitrogens is 3. The Labute approximate surface area is 189 Å². The molecule has 1 aromatic carbocycles. The van der Waals surface area contributed by atoms with Crippen molar-refractivity contribution in [1.29, 1.82) is 5.26 Å². The summed E-state index contributed by atoms with van der Waals surface area (Å²) in [6.45, 7) is 4.33. The first-order valence-electron chi connectivity index (χ1n) is 10.4. The van der Waals surface area contributed by atoms with E-state index in [1.54, 1.807) is 25.4 Å². The molecule has 10 heteroatoms. The maximum Gasteiger partial charge on any atom is 0.339 e. The van der Waals surface area contributed by atoms with Gasteiger partial charge in [-0.05, 0) is 31.2 Å². The summed E-state index contributed by atoms with van der Waals surface area (Å²) in [4.78, 5) is 27.4. The Kier molecular flexibility index (Phi) is 6.71. The van der Waals surface area contributed by atoms with Gasteiger partial charge in [-0.15, -0.1) is 0 Å². The van der Waals surface area contributed by atoms with Crippen molar-refractivity contribution in [3.63, 3.8) is 0 Å². The number of nitriles is 1. The van der Waals surface area contributed by atoms with Crippen LogP contribution < -0.4 is 10.2 Å². The monoisotopic (exact) mass is 448 g/mol. The Hall–Kier alpha value is -4.10. The number of rotatable bonds is 6. The highest BCUT2D eigenvalue weighted by molar-refractivity contribution is 5.91. The Balaban J connectivity index is 1.72. The molecule has 3 aromatic rings. The van der Waals surface area contributed by atoms with E-state index in [1.807, 2.05) is 6.07 Å². The molecule has 0 bridgehead atoms. The van der Waals surface area contributed by atoms with Crippen LogP contribution in [-0.4, -0.2) is 53.8 Å². The van der Waals surface area contributed by atoms with Crippen molar-refractivity contribution in [2.45, 2.75) is 6.92 Å². The highest BCUT2D eigenvalue weighted by atomic mass is 19.1. The molecule has 0 radical (unpaired) electrons. The number of nitrogens with zero attached hydrogens (tertiary/aromatic N) is 5. The molecule has 0 aliphatic carbocycles. The average Bonchev–Trinajstić information content (AvgIpc) is 2.84. The Bertz CT molecular complexity index is 1210. The predicted molar refractivity (Wildman–Crippen MR) is 119 cm³/mol. The fraction of sp³-hybridized carbons (Fsp3) is 0.261. The van der Waals surface area contributed by atoms with Crippen molar-refractivity contribution in [2.75, 3.05) is 43.1 Å². The van der Waals surface area contributed by atoms with Gasteiger partial charge in [0, 0.05) is 48.5 Å². The Morgan fingerprint density at radius 2 is 2.06 bits per heavy atom. The van der Waals surface area contributed by atoms with Gasteiger partial charge in [-0.2, -0.15) is 10.2 Å². The van der Waals surface area contributed by atoms with Gasteiger partial charge in [-0.3, -0.25) is 4.98 Å². The van der Waals surface area contributed by atoms with Crippen LogP contribution in [0.2, 0.25) is 0 Å². The minimum absolute atomic E-state index is 0.185. The van der Waals surface area contributed by atoms with Crippen LogP contribution in [0, 0.1) is 17.1 Å². The molecule has 3 heterocycles. The zero-order valence-corrected chi connectivity index (χ0v) is 17.9. The Morgan fingerprint density at radius 3 is 2.82 bits per heavy atom. The highest BCUT2D eigenvalue weighted by Crippen LogP contribution is 2.31. The molecule has 1 N–H and O–H groups in total. The van der Waals surface area contributed by atoms with E-state index in [0.717, 1.165) is 6.07 Å². The van der Waals surface area contributed by atoms with Gasteiger partial charge in [0.05, 0.1) is 37.0 Å². The first kappa shape index (κ1) is 22.1. The first-order valence-corrected chi connectivity index (χ1v) is 10.4. The average molecular weight is 448 g/mol. The molecule has 0 amide bonds. The van der Waals surface area contributed by atoms with Gasteiger partial charge in [0.2, 0.25) is 5.95 Å². The summed E-state index contributed by atoms with van der Waals surface area (Å²) < 4.78 is 24.4. The van der Waals surface area contributed by atoms with E-state index in [0.29, 0.717) is 54.5 Å². The number of carbonyl (C=O) groups is 1. The molecule has 33 heavy (non-hydrogen) atoms. The van der Waals surface area contributed by atoms with Crippen molar-refractivity contribution < 1.29 is 18.7 Å². The maximum atomic E-state index is 13.8. The van der Waals surface area contributed by atoms with Crippen molar-refractivity contribution in [1.82, 2.24) is 15.0 Å².